The zero-order valence-corrected chi connectivity index (χ0v) is 15.7. The molecule has 4 rings (SSSR count). The number of carbonyl (C=O) groups excluding carboxylic acids is 1. The van der Waals surface area contributed by atoms with Gasteiger partial charge in [0.05, 0.1) is 28.5 Å². The van der Waals surface area contributed by atoms with Crippen molar-refractivity contribution in [2.24, 2.45) is 0 Å². The lowest BCUT2D eigenvalue weighted by Crippen LogP contribution is -2.32. The number of thiazole rings is 1. The summed E-state index contributed by atoms with van der Waals surface area (Å²) in [4.78, 5) is 19.1. The van der Waals surface area contributed by atoms with Gasteiger partial charge >= 0.3 is 0 Å². The Morgan fingerprint density at radius 1 is 1.33 bits per heavy atom. The van der Waals surface area contributed by atoms with Crippen molar-refractivity contribution in [3.63, 3.8) is 0 Å². The smallest absolute Gasteiger partial charge is 0.243 e. The fraction of sp³-hybridized carbons (Fsp3) is 0.190. The van der Waals surface area contributed by atoms with Crippen molar-refractivity contribution in [2.45, 2.75) is 13.3 Å². The third kappa shape index (κ3) is 3.55. The summed E-state index contributed by atoms with van der Waals surface area (Å²) in [6.45, 7) is 3.08. The zero-order valence-electron chi connectivity index (χ0n) is 14.9. The first-order chi connectivity index (χ1) is 13.1. The highest BCUT2D eigenvalue weighted by Gasteiger charge is 2.22. The second-order valence-corrected chi connectivity index (χ2v) is 7.53. The van der Waals surface area contributed by atoms with Crippen LogP contribution in [-0.4, -0.2) is 24.0 Å². The van der Waals surface area contributed by atoms with Gasteiger partial charge in [0.1, 0.15) is 6.07 Å². The van der Waals surface area contributed by atoms with Crippen LogP contribution in [0, 0.1) is 18.3 Å². The molecule has 0 unspecified atom stereocenters. The maximum atomic E-state index is 12.5. The number of amides is 1. The van der Waals surface area contributed by atoms with E-state index in [1.165, 1.54) is 5.56 Å². The van der Waals surface area contributed by atoms with Gasteiger partial charge < -0.3 is 10.2 Å². The van der Waals surface area contributed by atoms with E-state index in [1.54, 1.807) is 29.5 Å². The molecule has 1 aliphatic heterocycles. The lowest BCUT2D eigenvalue weighted by atomic mass is 10.1. The first-order valence-corrected chi connectivity index (χ1v) is 9.61. The van der Waals surface area contributed by atoms with Gasteiger partial charge in [-0.25, -0.2) is 4.98 Å². The van der Waals surface area contributed by atoms with Crippen molar-refractivity contribution in [1.29, 1.82) is 5.26 Å². The summed E-state index contributed by atoms with van der Waals surface area (Å²) in [7, 11) is 0. The summed E-state index contributed by atoms with van der Waals surface area (Å²) in [5, 5.41) is 15.1. The average molecular weight is 374 g/mol. The van der Waals surface area contributed by atoms with Crippen molar-refractivity contribution in [3.8, 4) is 17.3 Å². The highest BCUT2D eigenvalue weighted by Crippen LogP contribution is 2.32. The standard InChI is InChI=1S/C21H18N4OS/c1-14-23-19(13-27-14)15-6-7-20-16(10-15)8-9-25(20)12-21(26)24-18-5-3-2-4-17(18)11-22/h2-7,10,13H,8-9,12H2,1H3,(H,24,26). The molecule has 0 fully saturated rings. The molecule has 2 aromatic carbocycles. The Morgan fingerprint density at radius 3 is 2.96 bits per heavy atom. The molecule has 0 saturated heterocycles. The number of benzene rings is 2. The lowest BCUT2D eigenvalue weighted by Gasteiger charge is -2.19. The molecule has 134 valence electrons. The van der Waals surface area contributed by atoms with Crippen molar-refractivity contribution in [3.05, 3.63) is 64.0 Å². The van der Waals surface area contributed by atoms with Crippen molar-refractivity contribution in [1.82, 2.24) is 4.98 Å². The second kappa shape index (κ2) is 7.22. The van der Waals surface area contributed by atoms with Crippen molar-refractivity contribution in [2.75, 3.05) is 23.3 Å². The molecule has 0 spiro atoms. The Bertz CT molecular complexity index is 1050. The number of nitrogens with zero attached hydrogens (tertiary/aromatic N) is 3. The van der Waals surface area contributed by atoms with Gasteiger partial charge in [0.25, 0.3) is 0 Å². The van der Waals surface area contributed by atoms with E-state index in [0.717, 1.165) is 34.9 Å². The number of rotatable bonds is 4. The number of fused-ring (bicyclic) bond motifs is 1. The number of nitriles is 1. The topological polar surface area (TPSA) is 69.0 Å². The van der Waals surface area contributed by atoms with E-state index in [-0.39, 0.29) is 12.5 Å². The van der Waals surface area contributed by atoms with E-state index in [0.29, 0.717) is 11.3 Å². The monoisotopic (exact) mass is 374 g/mol. The molecule has 0 bridgehead atoms. The van der Waals surface area contributed by atoms with Gasteiger partial charge in [-0.15, -0.1) is 11.3 Å². The number of anilines is 2. The van der Waals surface area contributed by atoms with Crippen LogP contribution in [0.3, 0.4) is 0 Å². The Kier molecular flexibility index (Phi) is 4.61. The van der Waals surface area contributed by atoms with Crippen LogP contribution in [-0.2, 0) is 11.2 Å². The highest BCUT2D eigenvalue weighted by molar-refractivity contribution is 7.09. The summed E-state index contributed by atoms with van der Waals surface area (Å²) in [5.41, 5.74) is 5.48. The summed E-state index contributed by atoms with van der Waals surface area (Å²) >= 11 is 1.65. The predicted molar refractivity (Wildman–Crippen MR) is 108 cm³/mol. The normalized spacial score (nSPS) is 12.5. The van der Waals surface area contributed by atoms with E-state index in [1.807, 2.05) is 13.0 Å². The number of hydrogen-bond acceptors (Lipinski definition) is 5. The van der Waals surface area contributed by atoms with Gasteiger partial charge in [0.15, 0.2) is 0 Å². The number of carbonyl (C=O) groups is 1. The van der Waals surface area contributed by atoms with E-state index < -0.39 is 0 Å². The molecule has 1 aliphatic rings. The maximum Gasteiger partial charge on any atom is 0.243 e. The number of nitrogens with one attached hydrogen (secondary N) is 1. The van der Waals surface area contributed by atoms with Gasteiger partial charge in [-0.2, -0.15) is 5.26 Å². The summed E-state index contributed by atoms with van der Waals surface area (Å²) in [5.74, 6) is -0.121. The minimum Gasteiger partial charge on any atom is -0.362 e. The molecule has 1 amide bonds. The molecule has 0 radical (unpaired) electrons. The van der Waals surface area contributed by atoms with Gasteiger partial charge in [-0.1, -0.05) is 18.2 Å². The van der Waals surface area contributed by atoms with Crippen LogP contribution in [0.15, 0.2) is 47.8 Å². The Hall–Kier alpha value is -3.17. The van der Waals surface area contributed by atoms with E-state index in [4.69, 9.17) is 5.26 Å². The van der Waals surface area contributed by atoms with E-state index >= 15 is 0 Å². The van der Waals surface area contributed by atoms with Crippen LogP contribution in [0.5, 0.6) is 0 Å². The molecule has 27 heavy (non-hydrogen) atoms. The van der Waals surface area contributed by atoms with Crippen LogP contribution < -0.4 is 10.2 Å². The molecule has 1 aromatic heterocycles. The average Bonchev–Trinajstić information content (AvgIpc) is 3.28. The highest BCUT2D eigenvalue weighted by atomic mass is 32.1. The van der Waals surface area contributed by atoms with E-state index in [9.17, 15) is 4.79 Å². The quantitative estimate of drug-likeness (QED) is 0.750. The van der Waals surface area contributed by atoms with Gasteiger partial charge in [-0.3, -0.25) is 4.79 Å². The third-order valence-corrected chi connectivity index (χ3v) is 5.42. The molecule has 0 aliphatic carbocycles. The summed E-state index contributed by atoms with van der Waals surface area (Å²) in [6.07, 6.45) is 0.911. The number of para-hydroxylation sites is 1. The Labute approximate surface area is 161 Å². The van der Waals surface area contributed by atoms with Crippen LogP contribution >= 0.6 is 11.3 Å². The van der Waals surface area contributed by atoms with Crippen molar-refractivity contribution < 1.29 is 4.79 Å². The molecule has 0 saturated carbocycles. The molecule has 0 atom stereocenters. The van der Waals surface area contributed by atoms with E-state index in [2.05, 4.69) is 44.8 Å². The number of aromatic nitrogens is 1. The largest absolute Gasteiger partial charge is 0.362 e. The molecule has 2 heterocycles. The lowest BCUT2D eigenvalue weighted by molar-refractivity contribution is -0.115. The van der Waals surface area contributed by atoms with Gasteiger partial charge in [0.2, 0.25) is 5.91 Å². The van der Waals surface area contributed by atoms with Crippen molar-refractivity contribution >= 4 is 28.6 Å². The van der Waals surface area contributed by atoms with Crippen LogP contribution in [0.2, 0.25) is 0 Å². The Morgan fingerprint density at radius 2 is 2.19 bits per heavy atom. The number of aryl methyl sites for hydroxylation is 1. The molecule has 3 aromatic rings. The van der Waals surface area contributed by atoms with Gasteiger partial charge in [0, 0.05) is 23.2 Å². The first-order valence-electron chi connectivity index (χ1n) is 8.73. The Balaban J connectivity index is 1.48. The second-order valence-electron chi connectivity index (χ2n) is 6.47. The molecule has 5 nitrogen and oxygen atoms in total. The minimum atomic E-state index is -0.121. The van der Waals surface area contributed by atoms with Crippen LogP contribution in [0.25, 0.3) is 11.3 Å². The van der Waals surface area contributed by atoms with Crippen LogP contribution in [0.1, 0.15) is 16.1 Å². The fourth-order valence-corrected chi connectivity index (χ4v) is 3.96. The minimum absolute atomic E-state index is 0.121. The predicted octanol–water partition coefficient (Wildman–Crippen LogP) is 3.99. The third-order valence-electron chi connectivity index (χ3n) is 4.64. The SMILES string of the molecule is Cc1nc(-c2ccc3c(c2)CCN3CC(=O)Nc2ccccc2C#N)cs1. The van der Waals surface area contributed by atoms with Gasteiger partial charge in [-0.05, 0) is 43.2 Å². The molecular weight excluding hydrogens is 356 g/mol. The van der Waals surface area contributed by atoms with Crippen LogP contribution in [0.4, 0.5) is 11.4 Å². The summed E-state index contributed by atoms with van der Waals surface area (Å²) < 4.78 is 0. The molecular formula is C21H18N4OS. The first kappa shape index (κ1) is 17.3. The zero-order chi connectivity index (χ0) is 18.8. The summed E-state index contributed by atoms with van der Waals surface area (Å²) in [6, 6.07) is 15.4. The number of hydrogen-bond donors (Lipinski definition) is 1. The molecule has 6 heteroatoms. The molecule has 1 N–H and O–H groups in total. The maximum absolute atomic E-state index is 12.5. The fourth-order valence-electron chi connectivity index (χ4n) is 3.34.